The van der Waals surface area contributed by atoms with Crippen LogP contribution in [0, 0.1) is 20.8 Å². The van der Waals surface area contributed by atoms with E-state index in [1.807, 2.05) is 51.1 Å². The molecule has 0 heterocycles. The number of anilines is 1. The molecule has 4 rings (SSSR count). The number of benzene rings is 3. The molecule has 1 unspecified atom stereocenters. The summed E-state index contributed by atoms with van der Waals surface area (Å²) < 4.78 is 34.9. The average Bonchev–Trinajstić information content (AvgIpc) is 3.48. The van der Waals surface area contributed by atoms with Crippen LogP contribution in [0.2, 0.25) is 0 Å². The van der Waals surface area contributed by atoms with Crippen LogP contribution in [0.15, 0.2) is 71.6 Å². The van der Waals surface area contributed by atoms with Gasteiger partial charge in [0, 0.05) is 12.6 Å². The summed E-state index contributed by atoms with van der Waals surface area (Å²) in [5, 5.41) is 3.10. The first kappa shape index (κ1) is 31.1. The molecule has 3 aromatic carbocycles. The van der Waals surface area contributed by atoms with Gasteiger partial charge in [0.25, 0.3) is 10.0 Å². The van der Waals surface area contributed by atoms with E-state index in [2.05, 4.69) is 5.32 Å². The normalized spacial score (nSPS) is 14.3. The van der Waals surface area contributed by atoms with Gasteiger partial charge in [-0.1, -0.05) is 60.9 Å². The lowest BCUT2D eigenvalue weighted by Crippen LogP contribution is -2.52. The van der Waals surface area contributed by atoms with E-state index in [1.54, 1.807) is 31.2 Å². The Labute approximate surface area is 249 Å². The van der Waals surface area contributed by atoms with E-state index in [0.29, 0.717) is 5.75 Å². The molecule has 0 spiro atoms. The Morgan fingerprint density at radius 2 is 1.60 bits per heavy atom. The third-order valence-electron chi connectivity index (χ3n) is 7.96. The minimum absolute atomic E-state index is 0.0573. The first-order chi connectivity index (χ1) is 20.0. The van der Waals surface area contributed by atoms with E-state index in [1.165, 1.54) is 24.1 Å². The number of carbonyl (C=O) groups excluding carboxylic acids is 2. The number of ether oxygens (including phenoxy) is 1. The average molecular weight is 592 g/mol. The summed E-state index contributed by atoms with van der Waals surface area (Å²) in [4.78, 5) is 29.2. The predicted octanol–water partition coefficient (Wildman–Crippen LogP) is 5.29. The molecule has 1 fully saturated rings. The monoisotopic (exact) mass is 591 g/mol. The first-order valence-electron chi connectivity index (χ1n) is 14.4. The number of amides is 2. The summed E-state index contributed by atoms with van der Waals surface area (Å²) in [6, 6.07) is 18.7. The Kier molecular flexibility index (Phi) is 9.93. The van der Waals surface area contributed by atoms with Gasteiger partial charge in [0.05, 0.1) is 17.7 Å². The maximum Gasteiger partial charge on any atom is 0.264 e. The third kappa shape index (κ3) is 7.13. The van der Waals surface area contributed by atoms with Gasteiger partial charge >= 0.3 is 0 Å². The maximum atomic E-state index is 14.2. The van der Waals surface area contributed by atoms with Gasteiger partial charge in [-0.15, -0.1) is 0 Å². The molecule has 42 heavy (non-hydrogen) atoms. The SMILES string of the molecule is COc1ccc(C)cc1N(CC(=O)N(Cc1ccccc1C)C(C)C(=O)NC1CCCC1)S(=O)(=O)c1ccc(C)cc1. The van der Waals surface area contributed by atoms with E-state index < -0.39 is 28.5 Å². The zero-order chi connectivity index (χ0) is 30.4. The molecular formula is C33H41N3O5S. The lowest BCUT2D eigenvalue weighted by molar-refractivity contribution is -0.139. The Hall–Kier alpha value is -3.85. The highest BCUT2D eigenvalue weighted by atomic mass is 32.2. The van der Waals surface area contributed by atoms with Gasteiger partial charge in [0.15, 0.2) is 0 Å². The number of hydrogen-bond donors (Lipinski definition) is 1. The summed E-state index contributed by atoms with van der Waals surface area (Å²) in [5.41, 5.74) is 3.83. The minimum Gasteiger partial charge on any atom is -0.495 e. The Bertz CT molecular complexity index is 1510. The summed E-state index contributed by atoms with van der Waals surface area (Å²) in [7, 11) is -2.72. The molecule has 1 aliphatic rings. The van der Waals surface area contributed by atoms with E-state index in [0.717, 1.165) is 52.2 Å². The number of nitrogens with zero attached hydrogens (tertiary/aromatic N) is 2. The number of sulfonamides is 1. The van der Waals surface area contributed by atoms with Crippen molar-refractivity contribution in [1.82, 2.24) is 10.2 Å². The van der Waals surface area contributed by atoms with Gasteiger partial charge in [-0.3, -0.25) is 13.9 Å². The van der Waals surface area contributed by atoms with Crippen molar-refractivity contribution >= 4 is 27.5 Å². The lowest BCUT2D eigenvalue weighted by atomic mass is 10.1. The van der Waals surface area contributed by atoms with Crippen molar-refractivity contribution in [2.24, 2.45) is 0 Å². The molecule has 0 saturated heterocycles. The van der Waals surface area contributed by atoms with Crippen LogP contribution in [-0.4, -0.2) is 50.9 Å². The van der Waals surface area contributed by atoms with E-state index >= 15 is 0 Å². The number of methoxy groups -OCH3 is 1. The van der Waals surface area contributed by atoms with Crippen LogP contribution >= 0.6 is 0 Å². The number of hydrogen-bond acceptors (Lipinski definition) is 5. The molecule has 2 amide bonds. The van der Waals surface area contributed by atoms with Crippen LogP contribution in [0.3, 0.4) is 0 Å². The van der Waals surface area contributed by atoms with Crippen molar-refractivity contribution in [1.29, 1.82) is 0 Å². The Balaban J connectivity index is 1.75. The topological polar surface area (TPSA) is 96.0 Å². The van der Waals surface area contributed by atoms with Gasteiger partial charge < -0.3 is 15.0 Å². The molecule has 8 nitrogen and oxygen atoms in total. The largest absolute Gasteiger partial charge is 0.495 e. The van der Waals surface area contributed by atoms with Crippen molar-refractivity contribution in [2.45, 2.75) is 76.9 Å². The molecule has 0 aliphatic heterocycles. The van der Waals surface area contributed by atoms with Crippen LogP contribution < -0.4 is 14.4 Å². The van der Waals surface area contributed by atoms with Crippen molar-refractivity contribution < 1.29 is 22.7 Å². The summed E-state index contributed by atoms with van der Waals surface area (Å²) in [5.74, 6) is -0.418. The maximum absolute atomic E-state index is 14.2. The number of nitrogens with one attached hydrogen (secondary N) is 1. The van der Waals surface area contributed by atoms with Gasteiger partial charge in [-0.05, 0) is 81.5 Å². The Morgan fingerprint density at radius 3 is 2.24 bits per heavy atom. The smallest absolute Gasteiger partial charge is 0.264 e. The van der Waals surface area contributed by atoms with Crippen molar-refractivity contribution in [3.8, 4) is 5.75 Å². The van der Waals surface area contributed by atoms with Crippen LogP contribution in [0.4, 0.5) is 5.69 Å². The third-order valence-corrected chi connectivity index (χ3v) is 9.74. The summed E-state index contributed by atoms with van der Waals surface area (Å²) in [6.07, 6.45) is 3.96. The quantitative estimate of drug-likeness (QED) is 0.327. The zero-order valence-corrected chi connectivity index (χ0v) is 25.9. The second-order valence-corrected chi connectivity index (χ2v) is 13.0. The highest BCUT2D eigenvalue weighted by molar-refractivity contribution is 7.92. The van der Waals surface area contributed by atoms with Gasteiger partial charge in [0.1, 0.15) is 18.3 Å². The second-order valence-electron chi connectivity index (χ2n) is 11.1. The number of rotatable bonds is 11. The molecule has 9 heteroatoms. The highest BCUT2D eigenvalue weighted by Gasteiger charge is 2.34. The lowest BCUT2D eigenvalue weighted by Gasteiger charge is -2.33. The molecule has 3 aromatic rings. The van der Waals surface area contributed by atoms with Crippen molar-refractivity contribution in [2.75, 3.05) is 18.0 Å². The predicted molar refractivity (Wildman–Crippen MR) is 165 cm³/mol. The fraction of sp³-hybridized carbons (Fsp3) is 0.394. The minimum atomic E-state index is -4.19. The number of aryl methyl sites for hydroxylation is 3. The molecule has 1 N–H and O–H groups in total. The second kappa shape index (κ2) is 13.4. The first-order valence-corrected chi connectivity index (χ1v) is 15.8. The Morgan fingerprint density at radius 1 is 0.952 bits per heavy atom. The summed E-state index contributed by atoms with van der Waals surface area (Å²) >= 11 is 0. The van der Waals surface area contributed by atoms with Crippen molar-refractivity contribution in [3.63, 3.8) is 0 Å². The van der Waals surface area contributed by atoms with Gasteiger partial charge in [-0.25, -0.2) is 8.42 Å². The molecule has 0 aromatic heterocycles. The fourth-order valence-corrected chi connectivity index (χ4v) is 6.71. The molecule has 1 saturated carbocycles. The van der Waals surface area contributed by atoms with E-state index in [9.17, 15) is 18.0 Å². The molecule has 224 valence electrons. The van der Waals surface area contributed by atoms with Crippen LogP contribution in [0.5, 0.6) is 5.75 Å². The molecule has 0 radical (unpaired) electrons. The molecule has 0 bridgehead atoms. The van der Waals surface area contributed by atoms with Crippen LogP contribution in [0.1, 0.15) is 54.9 Å². The van der Waals surface area contributed by atoms with Gasteiger partial charge in [-0.2, -0.15) is 0 Å². The zero-order valence-electron chi connectivity index (χ0n) is 25.1. The van der Waals surface area contributed by atoms with Crippen LogP contribution in [0.25, 0.3) is 0 Å². The summed E-state index contributed by atoms with van der Waals surface area (Å²) in [6.45, 7) is 7.03. The fourth-order valence-electron chi connectivity index (χ4n) is 5.29. The van der Waals surface area contributed by atoms with E-state index in [4.69, 9.17) is 4.74 Å². The highest BCUT2D eigenvalue weighted by Crippen LogP contribution is 2.34. The number of carbonyl (C=O) groups is 2. The van der Waals surface area contributed by atoms with Crippen LogP contribution in [-0.2, 0) is 26.2 Å². The molecular weight excluding hydrogens is 550 g/mol. The molecule has 1 atom stereocenters. The standard InChI is InChI=1S/C33H41N3O5S/c1-23-14-17-29(18-15-23)42(39,40)36(30-20-24(2)16-19-31(30)41-5)22-32(37)35(21-27-11-7-6-10-25(27)3)26(4)33(38)34-28-12-8-9-13-28/h6-7,10-11,14-20,26,28H,8-9,12-13,21-22H2,1-5H3,(H,34,38). The van der Waals surface area contributed by atoms with Crippen molar-refractivity contribution in [3.05, 3.63) is 89.0 Å². The van der Waals surface area contributed by atoms with E-state index in [-0.39, 0.29) is 29.1 Å². The molecule has 1 aliphatic carbocycles. The van der Waals surface area contributed by atoms with Gasteiger partial charge in [0.2, 0.25) is 11.8 Å².